The summed E-state index contributed by atoms with van der Waals surface area (Å²) in [6.07, 6.45) is 0.359. The van der Waals surface area contributed by atoms with Gasteiger partial charge in [0, 0.05) is 24.2 Å². The molecule has 2 heterocycles. The molecular formula is C23H23FN2O5S. The summed E-state index contributed by atoms with van der Waals surface area (Å²) in [6, 6.07) is 12.8. The molecule has 0 radical (unpaired) electrons. The number of nitrogens with zero attached hydrogens (tertiary/aromatic N) is 2. The van der Waals surface area contributed by atoms with Gasteiger partial charge in [0.1, 0.15) is 11.6 Å². The van der Waals surface area contributed by atoms with Crippen LogP contribution in [0.5, 0.6) is 5.75 Å². The van der Waals surface area contributed by atoms with Crippen LogP contribution in [0.2, 0.25) is 0 Å². The highest BCUT2D eigenvalue weighted by atomic mass is 32.2. The molecule has 9 heteroatoms. The van der Waals surface area contributed by atoms with E-state index in [9.17, 15) is 17.6 Å². The molecule has 2 aromatic carbocycles. The fourth-order valence-electron chi connectivity index (χ4n) is 3.72. The maximum atomic E-state index is 13.9. The third kappa shape index (κ3) is 4.67. The lowest BCUT2D eigenvalue weighted by Gasteiger charge is -2.27. The smallest absolute Gasteiger partial charge is 0.276 e. The third-order valence-corrected chi connectivity index (χ3v) is 7.36. The zero-order valence-electron chi connectivity index (χ0n) is 17.7. The zero-order chi connectivity index (χ0) is 22.9. The number of methoxy groups -OCH3 is 1. The van der Waals surface area contributed by atoms with E-state index in [1.807, 2.05) is 12.1 Å². The van der Waals surface area contributed by atoms with Crippen molar-refractivity contribution in [2.24, 2.45) is 0 Å². The lowest BCUT2D eigenvalue weighted by molar-refractivity contribution is 0.0670. The van der Waals surface area contributed by atoms with E-state index in [1.54, 1.807) is 38.3 Å². The Morgan fingerprint density at radius 3 is 2.59 bits per heavy atom. The number of aromatic nitrogens is 1. The van der Waals surface area contributed by atoms with Crippen molar-refractivity contribution in [3.63, 3.8) is 0 Å². The lowest BCUT2D eigenvalue weighted by Crippen LogP contribution is -2.40. The van der Waals surface area contributed by atoms with Crippen molar-refractivity contribution >= 4 is 15.7 Å². The summed E-state index contributed by atoms with van der Waals surface area (Å²) in [5.74, 6) is 0.0614. The van der Waals surface area contributed by atoms with Gasteiger partial charge in [-0.3, -0.25) is 4.79 Å². The molecule has 0 bridgehead atoms. The monoisotopic (exact) mass is 458 g/mol. The number of hydrogen-bond acceptors (Lipinski definition) is 6. The molecule has 168 valence electrons. The van der Waals surface area contributed by atoms with Crippen molar-refractivity contribution in [3.8, 4) is 17.1 Å². The number of aryl methyl sites for hydroxylation is 1. The fourth-order valence-corrected chi connectivity index (χ4v) is 5.45. The molecule has 1 fully saturated rings. The highest BCUT2D eigenvalue weighted by Gasteiger charge is 2.36. The number of sulfone groups is 1. The predicted octanol–water partition coefficient (Wildman–Crippen LogP) is 3.63. The molecule has 3 aromatic rings. The number of halogens is 1. The van der Waals surface area contributed by atoms with Crippen molar-refractivity contribution in [2.75, 3.05) is 18.6 Å². The van der Waals surface area contributed by atoms with Gasteiger partial charge in [0.15, 0.2) is 21.3 Å². The van der Waals surface area contributed by atoms with Crippen LogP contribution < -0.4 is 4.74 Å². The maximum absolute atomic E-state index is 13.9. The van der Waals surface area contributed by atoms with Gasteiger partial charge in [-0.1, -0.05) is 29.4 Å². The number of benzene rings is 2. The number of amides is 1. The lowest BCUT2D eigenvalue weighted by atomic mass is 10.1. The summed E-state index contributed by atoms with van der Waals surface area (Å²) >= 11 is 0. The normalized spacial score (nSPS) is 17.3. The summed E-state index contributed by atoms with van der Waals surface area (Å²) in [5.41, 5.74) is 1.83. The first-order valence-electron chi connectivity index (χ1n) is 10.1. The van der Waals surface area contributed by atoms with Crippen molar-refractivity contribution in [2.45, 2.75) is 25.9 Å². The van der Waals surface area contributed by atoms with E-state index in [0.29, 0.717) is 23.3 Å². The average molecular weight is 459 g/mol. The Bertz CT molecular complexity index is 1240. The highest BCUT2D eigenvalue weighted by Crippen LogP contribution is 2.26. The Morgan fingerprint density at radius 1 is 1.22 bits per heavy atom. The first kappa shape index (κ1) is 22.0. The third-order valence-electron chi connectivity index (χ3n) is 5.61. The molecule has 0 aliphatic carbocycles. The van der Waals surface area contributed by atoms with Gasteiger partial charge in [-0.05, 0) is 42.7 Å². The number of carbonyl (C=O) groups is 1. The van der Waals surface area contributed by atoms with Crippen LogP contribution in [0.3, 0.4) is 0 Å². The number of rotatable bonds is 6. The molecule has 1 saturated heterocycles. The van der Waals surface area contributed by atoms with Crippen molar-refractivity contribution in [1.82, 2.24) is 10.1 Å². The van der Waals surface area contributed by atoms with Crippen LogP contribution in [0.15, 0.2) is 53.1 Å². The van der Waals surface area contributed by atoms with Gasteiger partial charge in [0.05, 0.1) is 18.6 Å². The van der Waals surface area contributed by atoms with Gasteiger partial charge in [0.2, 0.25) is 0 Å². The van der Waals surface area contributed by atoms with Crippen LogP contribution in [0.1, 0.15) is 28.0 Å². The number of carbonyl (C=O) groups excluding carboxylic acids is 1. The largest absolute Gasteiger partial charge is 0.497 e. The second-order valence-electron chi connectivity index (χ2n) is 7.88. The minimum atomic E-state index is -3.21. The molecule has 0 saturated carbocycles. The molecule has 0 N–H and O–H groups in total. The molecule has 4 rings (SSSR count). The topological polar surface area (TPSA) is 89.7 Å². The zero-order valence-corrected chi connectivity index (χ0v) is 18.6. The quantitative estimate of drug-likeness (QED) is 0.560. The first-order chi connectivity index (χ1) is 15.3. The molecular weight excluding hydrogens is 435 g/mol. The molecule has 32 heavy (non-hydrogen) atoms. The SMILES string of the molecule is COc1ccc(CN(C(=O)c2cc(-c3ccc(C)c(F)c3)on2)[C@H]2CCS(=O)(=O)C2)cc1. The number of ether oxygens (including phenoxy) is 1. The fraction of sp³-hybridized carbons (Fsp3) is 0.304. The second kappa shape index (κ2) is 8.74. The first-order valence-corrected chi connectivity index (χ1v) is 12.0. The van der Waals surface area contributed by atoms with Crippen LogP contribution in [-0.2, 0) is 16.4 Å². The molecule has 1 amide bonds. The van der Waals surface area contributed by atoms with Crippen LogP contribution in [-0.4, -0.2) is 49.0 Å². The van der Waals surface area contributed by atoms with Crippen LogP contribution >= 0.6 is 0 Å². The summed E-state index contributed by atoms with van der Waals surface area (Å²) in [5, 5.41) is 3.88. The second-order valence-corrected chi connectivity index (χ2v) is 10.1. The van der Waals surface area contributed by atoms with Crippen molar-refractivity contribution < 1.29 is 26.9 Å². The van der Waals surface area contributed by atoms with E-state index >= 15 is 0 Å². The van der Waals surface area contributed by atoms with Gasteiger partial charge in [0.25, 0.3) is 5.91 Å². The summed E-state index contributed by atoms with van der Waals surface area (Å²) in [4.78, 5) is 14.9. The van der Waals surface area contributed by atoms with Gasteiger partial charge in [-0.15, -0.1) is 0 Å². The highest BCUT2D eigenvalue weighted by molar-refractivity contribution is 7.91. The van der Waals surface area contributed by atoms with Gasteiger partial charge >= 0.3 is 0 Å². The Kier molecular flexibility index (Phi) is 6.01. The average Bonchev–Trinajstić information content (AvgIpc) is 3.40. The molecule has 1 aromatic heterocycles. The summed E-state index contributed by atoms with van der Waals surface area (Å²) < 4.78 is 48.5. The molecule has 1 aliphatic rings. The van der Waals surface area contributed by atoms with E-state index in [4.69, 9.17) is 9.26 Å². The van der Waals surface area contributed by atoms with E-state index in [-0.39, 0.29) is 35.3 Å². The number of hydrogen-bond donors (Lipinski definition) is 0. The Morgan fingerprint density at radius 2 is 1.97 bits per heavy atom. The van der Waals surface area contributed by atoms with Crippen molar-refractivity contribution in [1.29, 1.82) is 0 Å². The Hall–Kier alpha value is -3.20. The van der Waals surface area contributed by atoms with Crippen LogP contribution in [0, 0.1) is 12.7 Å². The molecule has 7 nitrogen and oxygen atoms in total. The van der Waals surface area contributed by atoms with E-state index in [0.717, 1.165) is 5.56 Å². The Balaban J connectivity index is 1.62. The maximum Gasteiger partial charge on any atom is 0.276 e. The Labute approximate surface area is 185 Å². The minimum Gasteiger partial charge on any atom is -0.497 e. The standard InChI is InChI=1S/C23H23FN2O5S/c1-15-3-6-17(11-20(15)24)22-12-21(25-31-22)23(27)26(18-9-10-32(28,29)14-18)13-16-4-7-19(30-2)8-5-16/h3-8,11-12,18H,9-10,13-14H2,1-2H3/t18-/m0/s1. The molecule has 0 unspecified atom stereocenters. The van der Waals surface area contributed by atoms with Crippen LogP contribution in [0.4, 0.5) is 4.39 Å². The van der Waals surface area contributed by atoms with Gasteiger partial charge in [-0.25, -0.2) is 12.8 Å². The van der Waals surface area contributed by atoms with Crippen molar-refractivity contribution in [3.05, 3.63) is 71.2 Å². The van der Waals surface area contributed by atoms with Gasteiger partial charge < -0.3 is 14.2 Å². The molecule has 1 atom stereocenters. The van der Waals surface area contributed by atoms with E-state index in [2.05, 4.69) is 5.16 Å². The minimum absolute atomic E-state index is 0.0385. The van der Waals surface area contributed by atoms with E-state index < -0.39 is 21.8 Å². The molecule has 0 spiro atoms. The predicted molar refractivity (Wildman–Crippen MR) is 117 cm³/mol. The van der Waals surface area contributed by atoms with E-state index in [1.165, 1.54) is 17.0 Å². The van der Waals surface area contributed by atoms with Gasteiger partial charge in [-0.2, -0.15) is 0 Å². The summed E-state index contributed by atoms with van der Waals surface area (Å²) in [7, 11) is -1.64. The molecule has 1 aliphatic heterocycles. The van der Waals surface area contributed by atoms with Crippen LogP contribution in [0.25, 0.3) is 11.3 Å². The summed E-state index contributed by atoms with van der Waals surface area (Å²) in [6.45, 7) is 1.87.